The summed E-state index contributed by atoms with van der Waals surface area (Å²) in [6, 6.07) is 19.5. The van der Waals surface area contributed by atoms with Crippen molar-refractivity contribution in [3.8, 4) is 0 Å². The van der Waals surface area contributed by atoms with Crippen LogP contribution in [0.4, 0.5) is 5.69 Å². The van der Waals surface area contributed by atoms with Gasteiger partial charge in [-0.05, 0) is 42.7 Å². The van der Waals surface area contributed by atoms with Crippen molar-refractivity contribution in [2.45, 2.75) is 31.5 Å². The second kappa shape index (κ2) is 8.88. The highest BCUT2D eigenvalue weighted by Crippen LogP contribution is 2.35. The third-order valence-corrected chi connectivity index (χ3v) is 6.78. The fourth-order valence-electron chi connectivity index (χ4n) is 5.15. The van der Waals surface area contributed by atoms with Crippen LogP contribution in [0.5, 0.6) is 0 Å². The Morgan fingerprint density at radius 3 is 2.20 bits per heavy atom. The minimum atomic E-state index is 0.0881. The summed E-state index contributed by atoms with van der Waals surface area (Å²) in [4.78, 5) is 18.2. The predicted octanol–water partition coefficient (Wildman–Crippen LogP) is 3.39. The number of anilines is 1. The number of carbonyl (C=O) groups excluding carboxylic acids is 1. The molecule has 0 aromatic heterocycles. The lowest BCUT2D eigenvalue weighted by molar-refractivity contribution is -0.0872. The molecule has 0 N–H and O–H groups in total. The first kappa shape index (κ1) is 19.7. The Morgan fingerprint density at radius 1 is 0.867 bits per heavy atom. The zero-order valence-corrected chi connectivity index (χ0v) is 17.4. The molecule has 0 aliphatic carbocycles. The van der Waals surface area contributed by atoms with Crippen molar-refractivity contribution in [3.05, 3.63) is 65.7 Å². The largest absolute Gasteiger partial charge is 0.378 e. The third kappa shape index (κ3) is 4.15. The Morgan fingerprint density at radius 2 is 1.53 bits per heavy atom. The number of fused-ring (bicyclic) bond motifs is 2. The number of Topliss-reactive ketones (excluding diaryl/α,β-unsaturated/α-hetero) is 1. The lowest BCUT2D eigenvalue weighted by Gasteiger charge is -2.48. The summed E-state index contributed by atoms with van der Waals surface area (Å²) in [5.74, 6) is 0.380. The van der Waals surface area contributed by atoms with Gasteiger partial charge in [0.2, 0.25) is 0 Å². The molecule has 158 valence electrons. The number of ether oxygens (including phenoxy) is 2. The first-order valence-corrected chi connectivity index (χ1v) is 11.1. The number of carbonyl (C=O) groups is 1. The zero-order valence-electron chi connectivity index (χ0n) is 17.4. The van der Waals surface area contributed by atoms with E-state index in [0.717, 1.165) is 64.5 Å². The van der Waals surface area contributed by atoms with Crippen molar-refractivity contribution in [3.63, 3.8) is 0 Å². The van der Waals surface area contributed by atoms with Gasteiger partial charge in [0, 0.05) is 48.9 Å². The fourth-order valence-corrected chi connectivity index (χ4v) is 5.15. The maximum atomic E-state index is 13.3. The Balaban J connectivity index is 1.26. The van der Waals surface area contributed by atoms with Gasteiger partial charge in [0.15, 0.2) is 5.78 Å². The van der Waals surface area contributed by atoms with E-state index in [2.05, 4.69) is 52.3 Å². The highest BCUT2D eigenvalue weighted by Gasteiger charge is 2.41. The van der Waals surface area contributed by atoms with E-state index in [0.29, 0.717) is 17.9 Å². The summed E-state index contributed by atoms with van der Waals surface area (Å²) in [5, 5.41) is 0. The minimum absolute atomic E-state index is 0.0881. The van der Waals surface area contributed by atoms with E-state index in [4.69, 9.17) is 9.47 Å². The summed E-state index contributed by atoms with van der Waals surface area (Å²) in [5.41, 5.74) is 3.35. The quantitative estimate of drug-likeness (QED) is 0.712. The van der Waals surface area contributed by atoms with Crippen LogP contribution in [0.15, 0.2) is 54.6 Å². The van der Waals surface area contributed by atoms with Crippen LogP contribution < -0.4 is 4.90 Å². The molecule has 2 unspecified atom stereocenters. The second-order valence-corrected chi connectivity index (χ2v) is 8.68. The maximum Gasteiger partial charge on any atom is 0.166 e. The normalized spacial score (nSPS) is 27.1. The van der Waals surface area contributed by atoms with Crippen LogP contribution >= 0.6 is 0 Å². The summed E-state index contributed by atoms with van der Waals surface area (Å²) in [7, 11) is 0. The SMILES string of the molecule is O=C(c1ccc(N2CCOCC2)cc1)C1CC2COCC(C1)N2Cc1ccccc1. The molecule has 0 spiro atoms. The predicted molar refractivity (Wildman–Crippen MR) is 117 cm³/mol. The Hall–Kier alpha value is -2.21. The molecule has 3 aliphatic rings. The van der Waals surface area contributed by atoms with Crippen LogP contribution in [0.1, 0.15) is 28.8 Å². The van der Waals surface area contributed by atoms with E-state index in [1.165, 1.54) is 11.3 Å². The molecule has 2 aromatic rings. The molecule has 2 aromatic carbocycles. The number of morpholine rings is 2. The molecule has 3 fully saturated rings. The van der Waals surface area contributed by atoms with Gasteiger partial charge in [-0.2, -0.15) is 0 Å². The highest BCUT2D eigenvalue weighted by atomic mass is 16.5. The number of rotatable bonds is 5. The van der Waals surface area contributed by atoms with E-state index in [1.54, 1.807) is 0 Å². The molecule has 0 saturated carbocycles. The maximum absolute atomic E-state index is 13.3. The number of hydrogen-bond acceptors (Lipinski definition) is 5. The van der Waals surface area contributed by atoms with Gasteiger partial charge in [-0.25, -0.2) is 0 Å². The standard InChI is InChI=1S/C25H30N2O3/c28-25(20-6-8-22(9-7-20)26-10-12-29-13-11-26)21-14-23-17-30-18-24(15-21)27(23)16-19-4-2-1-3-5-19/h1-9,21,23-24H,10-18H2. The van der Waals surface area contributed by atoms with Gasteiger partial charge in [-0.3, -0.25) is 9.69 Å². The van der Waals surface area contributed by atoms with Crippen LogP contribution in [0.3, 0.4) is 0 Å². The van der Waals surface area contributed by atoms with Crippen LogP contribution in [0.25, 0.3) is 0 Å². The number of piperidine rings is 1. The zero-order chi connectivity index (χ0) is 20.3. The molecule has 0 radical (unpaired) electrons. The minimum Gasteiger partial charge on any atom is -0.378 e. The molecule has 3 saturated heterocycles. The van der Waals surface area contributed by atoms with Crippen molar-refractivity contribution in [1.82, 2.24) is 4.90 Å². The molecule has 3 heterocycles. The van der Waals surface area contributed by atoms with Gasteiger partial charge in [0.05, 0.1) is 26.4 Å². The van der Waals surface area contributed by atoms with Crippen molar-refractivity contribution in [2.24, 2.45) is 5.92 Å². The number of nitrogens with zero attached hydrogens (tertiary/aromatic N) is 2. The van der Waals surface area contributed by atoms with E-state index >= 15 is 0 Å². The highest BCUT2D eigenvalue weighted by molar-refractivity contribution is 5.98. The first-order chi connectivity index (χ1) is 14.8. The van der Waals surface area contributed by atoms with Gasteiger partial charge in [0.25, 0.3) is 0 Å². The second-order valence-electron chi connectivity index (χ2n) is 8.68. The van der Waals surface area contributed by atoms with Crippen molar-refractivity contribution in [1.29, 1.82) is 0 Å². The number of hydrogen-bond donors (Lipinski definition) is 0. The summed E-state index contributed by atoms with van der Waals surface area (Å²) < 4.78 is 11.3. The molecule has 2 bridgehead atoms. The molecule has 5 rings (SSSR count). The van der Waals surface area contributed by atoms with E-state index in [-0.39, 0.29) is 5.92 Å². The van der Waals surface area contributed by atoms with E-state index in [1.807, 2.05) is 12.1 Å². The lowest BCUT2D eigenvalue weighted by atomic mass is 9.80. The van der Waals surface area contributed by atoms with Crippen molar-refractivity contribution in [2.75, 3.05) is 44.4 Å². The van der Waals surface area contributed by atoms with Gasteiger partial charge < -0.3 is 14.4 Å². The molecule has 5 heteroatoms. The smallest absolute Gasteiger partial charge is 0.166 e. The third-order valence-electron chi connectivity index (χ3n) is 6.78. The summed E-state index contributed by atoms with van der Waals surface area (Å²) in [6.07, 6.45) is 1.76. The molecule has 30 heavy (non-hydrogen) atoms. The van der Waals surface area contributed by atoms with E-state index < -0.39 is 0 Å². The van der Waals surface area contributed by atoms with Gasteiger partial charge in [-0.1, -0.05) is 30.3 Å². The average molecular weight is 407 g/mol. The fraction of sp³-hybridized carbons (Fsp3) is 0.480. The molecule has 2 atom stereocenters. The van der Waals surface area contributed by atoms with Gasteiger partial charge in [-0.15, -0.1) is 0 Å². The van der Waals surface area contributed by atoms with Crippen LogP contribution in [-0.4, -0.2) is 62.3 Å². The number of ketones is 1. The van der Waals surface area contributed by atoms with Crippen molar-refractivity contribution >= 4 is 11.5 Å². The summed E-state index contributed by atoms with van der Waals surface area (Å²) in [6.45, 7) is 5.76. The topological polar surface area (TPSA) is 42.0 Å². The Kier molecular flexibility index (Phi) is 5.84. The molecular formula is C25H30N2O3. The average Bonchev–Trinajstić information content (AvgIpc) is 2.80. The summed E-state index contributed by atoms with van der Waals surface area (Å²) >= 11 is 0. The Labute approximate surface area is 178 Å². The molecular weight excluding hydrogens is 376 g/mol. The first-order valence-electron chi connectivity index (χ1n) is 11.1. The lowest BCUT2D eigenvalue weighted by Crippen LogP contribution is -2.57. The van der Waals surface area contributed by atoms with E-state index in [9.17, 15) is 4.79 Å². The van der Waals surface area contributed by atoms with Gasteiger partial charge >= 0.3 is 0 Å². The number of benzene rings is 2. The van der Waals surface area contributed by atoms with Gasteiger partial charge in [0.1, 0.15) is 0 Å². The van der Waals surface area contributed by atoms with Crippen molar-refractivity contribution < 1.29 is 14.3 Å². The molecule has 3 aliphatic heterocycles. The molecule has 0 amide bonds. The monoisotopic (exact) mass is 406 g/mol. The van der Waals surface area contributed by atoms with Crippen LogP contribution in [0, 0.1) is 5.92 Å². The van der Waals surface area contributed by atoms with Crippen LogP contribution in [0.2, 0.25) is 0 Å². The Bertz CT molecular complexity index is 834. The van der Waals surface area contributed by atoms with Crippen LogP contribution in [-0.2, 0) is 16.0 Å². The molecule has 5 nitrogen and oxygen atoms in total.